The van der Waals surface area contributed by atoms with Gasteiger partial charge in [-0.2, -0.15) is 0 Å². The van der Waals surface area contributed by atoms with Crippen LogP contribution in [0.3, 0.4) is 0 Å². The molecule has 4 nitrogen and oxygen atoms in total. The Labute approximate surface area is 97.5 Å². The Morgan fingerprint density at radius 3 is 2.87 bits per heavy atom. The van der Waals surface area contributed by atoms with E-state index in [0.717, 1.165) is 13.0 Å². The molecule has 1 unspecified atom stereocenters. The third-order valence-electron chi connectivity index (χ3n) is 2.60. The van der Waals surface area contributed by atoms with Crippen LogP contribution in [-0.2, 0) is 9.53 Å². The van der Waals surface area contributed by atoms with Gasteiger partial charge in [-0.3, -0.25) is 4.79 Å². The smallest absolute Gasteiger partial charge is 0.240 e. The van der Waals surface area contributed by atoms with E-state index in [1.165, 1.54) is 0 Å². The molecule has 15 heavy (non-hydrogen) atoms. The monoisotopic (exact) mass is 236 g/mol. The van der Waals surface area contributed by atoms with E-state index >= 15 is 0 Å². The van der Waals surface area contributed by atoms with E-state index in [4.69, 9.17) is 4.74 Å². The first-order valence-corrected chi connectivity index (χ1v) is 5.30. The van der Waals surface area contributed by atoms with Crippen LogP contribution in [0.4, 0.5) is 0 Å². The fraction of sp³-hybridized carbons (Fsp3) is 0.900. The molecule has 0 aliphatic carbocycles. The number of hydrogen-bond acceptors (Lipinski definition) is 3. The molecule has 1 rings (SSSR count). The highest BCUT2D eigenvalue weighted by Gasteiger charge is 2.28. The van der Waals surface area contributed by atoms with Crippen molar-refractivity contribution in [3.8, 4) is 0 Å². The molecule has 0 aromatic carbocycles. The van der Waals surface area contributed by atoms with Crippen molar-refractivity contribution in [3.63, 3.8) is 0 Å². The summed E-state index contributed by atoms with van der Waals surface area (Å²) in [5, 5.41) is 6.11. The summed E-state index contributed by atoms with van der Waals surface area (Å²) in [7, 11) is 0. The van der Waals surface area contributed by atoms with Crippen LogP contribution in [0.5, 0.6) is 0 Å². The van der Waals surface area contributed by atoms with Gasteiger partial charge in [-0.25, -0.2) is 0 Å². The Hall–Kier alpha value is -0.320. The average Bonchev–Trinajstić information content (AvgIpc) is 2.18. The second-order valence-electron chi connectivity index (χ2n) is 3.83. The predicted octanol–water partition coefficient (Wildman–Crippen LogP) is 0.700. The maximum atomic E-state index is 11.7. The SMILES string of the molecule is CCC(C)NC(=O)[C@H]1NCCO[C@@H]1C.Cl. The van der Waals surface area contributed by atoms with Gasteiger partial charge in [-0.15, -0.1) is 12.4 Å². The summed E-state index contributed by atoms with van der Waals surface area (Å²) in [5.41, 5.74) is 0. The van der Waals surface area contributed by atoms with E-state index in [1.54, 1.807) is 0 Å². The molecule has 1 aliphatic rings. The van der Waals surface area contributed by atoms with Crippen molar-refractivity contribution >= 4 is 18.3 Å². The molecule has 1 saturated heterocycles. The van der Waals surface area contributed by atoms with Crippen LogP contribution in [0, 0.1) is 0 Å². The van der Waals surface area contributed by atoms with Crippen molar-refractivity contribution in [1.82, 2.24) is 10.6 Å². The first-order valence-electron chi connectivity index (χ1n) is 5.30. The normalized spacial score (nSPS) is 27.7. The average molecular weight is 237 g/mol. The minimum Gasteiger partial charge on any atom is -0.375 e. The van der Waals surface area contributed by atoms with Crippen LogP contribution in [0.2, 0.25) is 0 Å². The second-order valence-corrected chi connectivity index (χ2v) is 3.83. The molecular weight excluding hydrogens is 216 g/mol. The molecule has 1 fully saturated rings. The first-order chi connectivity index (χ1) is 6.65. The zero-order valence-corrected chi connectivity index (χ0v) is 10.4. The minimum atomic E-state index is -0.197. The summed E-state index contributed by atoms with van der Waals surface area (Å²) in [4.78, 5) is 11.7. The molecule has 2 N–H and O–H groups in total. The number of rotatable bonds is 3. The number of nitrogens with one attached hydrogen (secondary N) is 2. The van der Waals surface area contributed by atoms with Crippen molar-refractivity contribution in [2.75, 3.05) is 13.2 Å². The van der Waals surface area contributed by atoms with Gasteiger partial charge >= 0.3 is 0 Å². The minimum absolute atomic E-state index is 0. The maximum absolute atomic E-state index is 11.7. The van der Waals surface area contributed by atoms with Gasteiger partial charge in [-0.1, -0.05) is 6.92 Å². The first kappa shape index (κ1) is 14.7. The largest absolute Gasteiger partial charge is 0.375 e. The molecule has 0 aromatic heterocycles. The Kier molecular flexibility index (Phi) is 6.89. The van der Waals surface area contributed by atoms with Crippen LogP contribution in [0.25, 0.3) is 0 Å². The highest BCUT2D eigenvalue weighted by Crippen LogP contribution is 2.04. The van der Waals surface area contributed by atoms with Crippen molar-refractivity contribution in [3.05, 3.63) is 0 Å². The highest BCUT2D eigenvalue weighted by molar-refractivity contribution is 5.85. The zero-order chi connectivity index (χ0) is 10.6. The third-order valence-corrected chi connectivity index (χ3v) is 2.60. The number of hydrogen-bond donors (Lipinski definition) is 2. The Bertz CT molecular complexity index is 202. The summed E-state index contributed by atoms with van der Waals surface area (Å²) in [5.74, 6) is 0.0477. The van der Waals surface area contributed by atoms with Crippen LogP contribution in [0.15, 0.2) is 0 Å². The fourth-order valence-corrected chi connectivity index (χ4v) is 1.46. The molecule has 0 radical (unpaired) electrons. The van der Waals surface area contributed by atoms with E-state index in [-0.39, 0.29) is 36.5 Å². The molecule has 0 spiro atoms. The standard InChI is InChI=1S/C10H20N2O2.ClH/c1-4-7(2)12-10(13)9-8(3)14-6-5-11-9;/h7-9,11H,4-6H2,1-3H3,(H,12,13);1H/t7?,8-,9+;/m1./s1. The number of morpholine rings is 1. The van der Waals surface area contributed by atoms with Crippen LogP contribution in [-0.4, -0.2) is 37.2 Å². The van der Waals surface area contributed by atoms with E-state index < -0.39 is 0 Å². The predicted molar refractivity (Wildman–Crippen MR) is 62.3 cm³/mol. The molecule has 1 aliphatic heterocycles. The lowest BCUT2D eigenvalue weighted by Crippen LogP contribution is -2.56. The lowest BCUT2D eigenvalue weighted by atomic mass is 10.1. The Balaban J connectivity index is 0.00000196. The summed E-state index contributed by atoms with van der Waals surface area (Å²) in [6, 6.07) is 0.0381. The molecule has 0 aromatic rings. The number of carbonyl (C=O) groups excluding carboxylic acids is 1. The summed E-state index contributed by atoms with van der Waals surface area (Å²) < 4.78 is 5.40. The van der Waals surface area contributed by atoms with Gasteiger partial charge in [0.25, 0.3) is 0 Å². The van der Waals surface area contributed by atoms with Gasteiger partial charge < -0.3 is 15.4 Å². The Morgan fingerprint density at radius 1 is 1.67 bits per heavy atom. The molecule has 3 atom stereocenters. The van der Waals surface area contributed by atoms with Gasteiger partial charge in [0.15, 0.2) is 0 Å². The van der Waals surface area contributed by atoms with Gasteiger partial charge in [0, 0.05) is 12.6 Å². The van der Waals surface area contributed by atoms with Crippen molar-refractivity contribution in [1.29, 1.82) is 0 Å². The molecule has 1 amide bonds. The van der Waals surface area contributed by atoms with Gasteiger partial charge in [0.1, 0.15) is 6.04 Å². The molecule has 1 heterocycles. The highest BCUT2D eigenvalue weighted by atomic mass is 35.5. The van der Waals surface area contributed by atoms with Crippen LogP contribution < -0.4 is 10.6 Å². The summed E-state index contributed by atoms with van der Waals surface area (Å²) in [6.45, 7) is 7.43. The maximum Gasteiger partial charge on any atom is 0.240 e. The fourth-order valence-electron chi connectivity index (χ4n) is 1.46. The number of amides is 1. The van der Waals surface area contributed by atoms with Crippen molar-refractivity contribution in [2.24, 2.45) is 0 Å². The summed E-state index contributed by atoms with van der Waals surface area (Å²) >= 11 is 0. The molecule has 0 bridgehead atoms. The second kappa shape index (κ2) is 7.04. The lowest BCUT2D eigenvalue weighted by molar-refractivity contribution is -0.129. The molecular formula is C10H21ClN2O2. The van der Waals surface area contributed by atoms with E-state index in [2.05, 4.69) is 17.6 Å². The number of halogens is 1. The van der Waals surface area contributed by atoms with Gasteiger partial charge in [0.05, 0.1) is 12.7 Å². The van der Waals surface area contributed by atoms with Crippen molar-refractivity contribution < 1.29 is 9.53 Å². The van der Waals surface area contributed by atoms with Crippen LogP contribution >= 0.6 is 12.4 Å². The van der Waals surface area contributed by atoms with Crippen molar-refractivity contribution in [2.45, 2.75) is 45.4 Å². The molecule has 90 valence electrons. The van der Waals surface area contributed by atoms with Crippen LogP contribution in [0.1, 0.15) is 27.2 Å². The third kappa shape index (κ3) is 4.36. The summed E-state index contributed by atoms with van der Waals surface area (Å²) in [6.07, 6.45) is 0.918. The number of carbonyl (C=O) groups is 1. The number of ether oxygens (including phenoxy) is 1. The quantitative estimate of drug-likeness (QED) is 0.759. The molecule has 0 saturated carbocycles. The van der Waals surface area contributed by atoms with E-state index in [9.17, 15) is 4.79 Å². The Morgan fingerprint density at radius 2 is 2.33 bits per heavy atom. The lowest BCUT2D eigenvalue weighted by Gasteiger charge is -2.30. The topological polar surface area (TPSA) is 50.4 Å². The van der Waals surface area contributed by atoms with E-state index in [0.29, 0.717) is 6.61 Å². The molecule has 5 heteroatoms. The van der Waals surface area contributed by atoms with E-state index in [1.807, 2.05) is 13.8 Å². The van der Waals surface area contributed by atoms with Gasteiger partial charge in [0.2, 0.25) is 5.91 Å². The van der Waals surface area contributed by atoms with Gasteiger partial charge in [-0.05, 0) is 20.3 Å². The zero-order valence-electron chi connectivity index (χ0n) is 9.58.